The summed E-state index contributed by atoms with van der Waals surface area (Å²) in [4.78, 5) is 3.41. The van der Waals surface area contributed by atoms with Crippen LogP contribution in [0.4, 0.5) is 0 Å². The number of hydrogen-bond donors (Lipinski definition) is 0. The molecule has 0 spiro atoms. The average Bonchev–Trinajstić information content (AvgIpc) is 3.93. The van der Waals surface area contributed by atoms with Crippen molar-refractivity contribution in [3.63, 3.8) is 0 Å². The highest BCUT2D eigenvalue weighted by Crippen LogP contribution is 2.63. The van der Waals surface area contributed by atoms with Gasteiger partial charge in [-0.3, -0.25) is 4.90 Å². The lowest BCUT2D eigenvalue weighted by atomic mass is 9.53. The summed E-state index contributed by atoms with van der Waals surface area (Å²) in [6, 6.07) is 2.75. The lowest BCUT2D eigenvalue weighted by Gasteiger charge is -2.56. The second kappa shape index (κ2) is 18.9. The van der Waals surface area contributed by atoms with Gasteiger partial charge in [0.1, 0.15) is 0 Å². The Morgan fingerprint density at radius 1 is 0.270 bits per heavy atom. The third-order valence-electron chi connectivity index (χ3n) is 24.9. The summed E-state index contributed by atoms with van der Waals surface area (Å²) in [5.74, 6) is 16.4. The first kappa shape index (κ1) is 43.3. The van der Waals surface area contributed by atoms with Crippen LogP contribution < -0.4 is 0 Å². The zero-order valence-electron chi connectivity index (χ0n) is 40.7. The quantitative estimate of drug-likeness (QED) is 0.264. The number of rotatable bonds is 6. The second-order valence-corrected chi connectivity index (χ2v) is 28.5. The monoisotopic (exact) mass is 880 g/mol. The fourth-order valence-corrected chi connectivity index (χ4v) is 24.4. The lowest BCUT2D eigenvalue weighted by Crippen LogP contribution is -2.55. The van der Waals surface area contributed by atoms with E-state index in [1.807, 2.05) is 0 Å². The van der Waals surface area contributed by atoms with Crippen molar-refractivity contribution in [1.29, 1.82) is 0 Å². The van der Waals surface area contributed by atoms with Gasteiger partial charge in [-0.15, -0.1) is 0 Å². The molecule has 0 radical (unpaired) electrons. The van der Waals surface area contributed by atoms with Gasteiger partial charge in [0.05, 0.1) is 12.2 Å². The van der Waals surface area contributed by atoms with Crippen LogP contribution in [0.1, 0.15) is 238 Å². The van der Waals surface area contributed by atoms with Gasteiger partial charge in [0.25, 0.3) is 0 Å². The first-order valence-electron chi connectivity index (χ1n) is 30.3. The summed E-state index contributed by atoms with van der Waals surface area (Å²) in [6.07, 6.45) is 58.9. The third kappa shape index (κ3) is 8.18. The van der Waals surface area contributed by atoms with Crippen LogP contribution >= 0.6 is 11.8 Å². The zero-order chi connectivity index (χ0) is 41.4. The number of fused-ring (bicyclic) bond motifs is 11. The topological polar surface area (TPSA) is 12.5 Å². The Hall–Kier alpha value is 0.270. The lowest BCUT2D eigenvalue weighted by molar-refractivity contribution is -0.0880. The van der Waals surface area contributed by atoms with Crippen molar-refractivity contribution < 1.29 is 4.74 Å². The SMILES string of the molecule is C1CCC(C2CCC(N(C3CCC(C4CCCC5CCCCC54)CC3)C3CCC4C(CCC5CC(C6CCCC7C8CCC9SC%10CCCCC%10C9C8OC67)CCC54)C3)CC2)CC1. The minimum atomic E-state index is 0.638. The Labute approximate surface area is 392 Å². The molecule has 0 N–H and O–H groups in total. The fourth-order valence-electron chi connectivity index (χ4n) is 22.3. The Morgan fingerprint density at radius 3 is 1.54 bits per heavy atom. The molecule has 0 aromatic rings. The molecule has 18 atom stereocenters. The summed E-state index contributed by atoms with van der Waals surface area (Å²) in [5.41, 5.74) is 0. The minimum absolute atomic E-state index is 0.638. The maximum Gasteiger partial charge on any atom is 0.0652 e. The third-order valence-corrected chi connectivity index (χ3v) is 26.7. The van der Waals surface area contributed by atoms with Gasteiger partial charge in [0.2, 0.25) is 0 Å². The van der Waals surface area contributed by atoms with E-state index < -0.39 is 0 Å². The van der Waals surface area contributed by atoms with E-state index in [4.69, 9.17) is 4.74 Å². The molecule has 0 aromatic carbocycles. The van der Waals surface area contributed by atoms with Gasteiger partial charge >= 0.3 is 0 Å². The number of nitrogens with zero attached hydrogens (tertiary/aromatic N) is 1. The summed E-state index contributed by atoms with van der Waals surface area (Å²) >= 11 is 2.46. The van der Waals surface area contributed by atoms with Gasteiger partial charge in [-0.2, -0.15) is 11.8 Å². The van der Waals surface area contributed by atoms with Crippen molar-refractivity contribution in [2.45, 2.75) is 278 Å². The maximum atomic E-state index is 7.63. The van der Waals surface area contributed by atoms with E-state index >= 15 is 0 Å². The highest BCUT2D eigenvalue weighted by Gasteiger charge is 2.60. The molecule has 2 heterocycles. The second-order valence-electron chi connectivity index (χ2n) is 27.1. The fraction of sp³-hybridized carbons (Fsp3) is 1.00. The van der Waals surface area contributed by atoms with Crippen molar-refractivity contribution >= 4 is 11.8 Å². The molecule has 2 aliphatic heterocycles. The molecule has 0 amide bonds. The molecule has 11 aliphatic carbocycles. The van der Waals surface area contributed by atoms with Crippen molar-refractivity contribution in [2.24, 2.45) is 94.7 Å². The predicted octanol–water partition coefficient (Wildman–Crippen LogP) is 16.1. The standard InChI is InChI=1S/C60H97NOS/c1-2-10-38(11-3-1)39-22-27-45(28-23-39)61(46-29-24-41(25-30-46)49-16-8-13-40-12-4-5-14-48(40)49)47-31-33-51-44(37-47)21-20-42-36-43(26-32-50(42)51)52-17-9-18-53-54-34-35-57-58(60(54)62-59(52)53)55-15-6-7-19-56(55)63-57/h38-60H,1-37H2. The summed E-state index contributed by atoms with van der Waals surface area (Å²) in [7, 11) is 0. The van der Waals surface area contributed by atoms with Gasteiger partial charge < -0.3 is 4.74 Å². The van der Waals surface area contributed by atoms with Crippen LogP contribution in [0.25, 0.3) is 0 Å². The van der Waals surface area contributed by atoms with Crippen molar-refractivity contribution in [3.8, 4) is 0 Å². The van der Waals surface area contributed by atoms with E-state index in [1.165, 1.54) is 77.0 Å². The van der Waals surface area contributed by atoms with E-state index in [-0.39, 0.29) is 0 Å². The molecule has 2 saturated heterocycles. The Bertz CT molecular complexity index is 1510. The summed E-state index contributed by atoms with van der Waals surface area (Å²) < 4.78 is 7.63. The molecule has 13 rings (SSSR count). The van der Waals surface area contributed by atoms with Crippen molar-refractivity contribution in [3.05, 3.63) is 0 Å². The van der Waals surface area contributed by atoms with Crippen LogP contribution in [0.3, 0.4) is 0 Å². The minimum Gasteiger partial charge on any atom is -0.374 e. The Balaban J connectivity index is 0.662. The molecule has 0 aromatic heterocycles. The van der Waals surface area contributed by atoms with Crippen LogP contribution in [0.5, 0.6) is 0 Å². The zero-order valence-corrected chi connectivity index (χ0v) is 41.5. The molecular formula is C60H97NOS. The number of ether oxygens (including phenoxy) is 1. The molecule has 13 fully saturated rings. The predicted molar refractivity (Wildman–Crippen MR) is 264 cm³/mol. The largest absolute Gasteiger partial charge is 0.374 e. The summed E-state index contributed by atoms with van der Waals surface area (Å²) in [5, 5.41) is 1.93. The Kier molecular flexibility index (Phi) is 13.0. The van der Waals surface area contributed by atoms with Gasteiger partial charge in [-0.05, 0) is 243 Å². The van der Waals surface area contributed by atoms with E-state index in [2.05, 4.69) is 16.7 Å². The molecule has 63 heavy (non-hydrogen) atoms. The molecule has 13 aliphatic rings. The molecule has 354 valence electrons. The molecule has 3 heteroatoms. The highest BCUT2D eigenvalue weighted by molar-refractivity contribution is 8.00. The molecule has 18 unspecified atom stereocenters. The van der Waals surface area contributed by atoms with Crippen molar-refractivity contribution in [1.82, 2.24) is 4.90 Å². The average molecular weight is 881 g/mol. The van der Waals surface area contributed by atoms with E-state index in [1.54, 1.807) is 161 Å². The van der Waals surface area contributed by atoms with Crippen LogP contribution in [0, 0.1) is 94.7 Å². The van der Waals surface area contributed by atoms with Crippen molar-refractivity contribution in [2.75, 3.05) is 0 Å². The van der Waals surface area contributed by atoms with E-state index in [0.717, 1.165) is 123 Å². The van der Waals surface area contributed by atoms with Gasteiger partial charge in [0.15, 0.2) is 0 Å². The molecule has 2 nitrogen and oxygen atoms in total. The first-order chi connectivity index (χ1) is 31.2. The Morgan fingerprint density at radius 2 is 0.730 bits per heavy atom. The molecule has 0 bridgehead atoms. The normalized spacial score (nSPS) is 53.9. The smallest absolute Gasteiger partial charge is 0.0652 e. The summed E-state index contributed by atoms with van der Waals surface area (Å²) in [6.45, 7) is 0. The maximum absolute atomic E-state index is 7.63. The van der Waals surface area contributed by atoms with E-state index in [9.17, 15) is 0 Å². The van der Waals surface area contributed by atoms with Crippen LogP contribution in [-0.4, -0.2) is 45.7 Å². The first-order valence-corrected chi connectivity index (χ1v) is 31.2. The highest BCUT2D eigenvalue weighted by atomic mass is 32.2. The van der Waals surface area contributed by atoms with Crippen LogP contribution in [0.2, 0.25) is 0 Å². The molecule has 11 saturated carbocycles. The van der Waals surface area contributed by atoms with Gasteiger partial charge in [-0.1, -0.05) is 83.5 Å². The van der Waals surface area contributed by atoms with Gasteiger partial charge in [0, 0.05) is 34.5 Å². The van der Waals surface area contributed by atoms with Gasteiger partial charge in [-0.25, -0.2) is 0 Å². The van der Waals surface area contributed by atoms with Crippen LogP contribution in [-0.2, 0) is 4.74 Å². The van der Waals surface area contributed by atoms with Crippen LogP contribution in [0.15, 0.2) is 0 Å². The number of thioether (sulfide) groups is 1. The molecular weight excluding hydrogens is 783 g/mol. The van der Waals surface area contributed by atoms with E-state index in [0.29, 0.717) is 12.2 Å². The number of hydrogen-bond acceptors (Lipinski definition) is 3.